The van der Waals surface area contributed by atoms with Gasteiger partial charge in [-0.25, -0.2) is 4.39 Å². The smallest absolute Gasteiger partial charge is 0.230 e. The Kier molecular flexibility index (Phi) is 5.66. The monoisotopic (exact) mass is 397 g/mol. The Labute approximate surface area is 166 Å². The van der Waals surface area contributed by atoms with Crippen LogP contribution in [-0.2, 0) is 11.2 Å². The van der Waals surface area contributed by atoms with Crippen molar-refractivity contribution in [2.45, 2.75) is 30.5 Å². The van der Waals surface area contributed by atoms with E-state index in [4.69, 9.17) is 0 Å². The molecule has 4 rings (SSSR count). The van der Waals surface area contributed by atoms with Crippen molar-refractivity contribution < 1.29 is 9.18 Å². The van der Waals surface area contributed by atoms with Crippen molar-refractivity contribution in [3.63, 3.8) is 0 Å². The third kappa shape index (κ3) is 4.56. The van der Waals surface area contributed by atoms with Crippen LogP contribution in [0.1, 0.15) is 24.4 Å². The molecule has 0 unspecified atom stereocenters. The largest absolute Gasteiger partial charge is 0.355 e. The normalized spacial score (nSPS) is 13.5. The van der Waals surface area contributed by atoms with Crippen LogP contribution in [0.4, 0.5) is 4.39 Å². The highest BCUT2D eigenvalue weighted by molar-refractivity contribution is 7.99. The summed E-state index contributed by atoms with van der Waals surface area (Å²) in [5.74, 6) is 0.770. The van der Waals surface area contributed by atoms with Gasteiger partial charge in [0.15, 0.2) is 11.0 Å². The first-order chi connectivity index (χ1) is 13.7. The summed E-state index contributed by atoms with van der Waals surface area (Å²) in [6, 6.07) is 10.6. The van der Waals surface area contributed by atoms with Gasteiger partial charge in [-0.2, -0.15) is 0 Å². The van der Waals surface area contributed by atoms with Crippen LogP contribution < -0.4 is 5.32 Å². The van der Waals surface area contributed by atoms with Crippen molar-refractivity contribution in [1.82, 2.24) is 25.1 Å². The highest BCUT2D eigenvalue weighted by atomic mass is 32.2. The third-order valence-electron chi connectivity index (χ3n) is 4.48. The maximum Gasteiger partial charge on any atom is 0.230 e. The molecular weight excluding hydrogens is 377 g/mol. The summed E-state index contributed by atoms with van der Waals surface area (Å²) in [6.45, 7) is 0.515. The van der Waals surface area contributed by atoms with Crippen molar-refractivity contribution in [3.8, 4) is 11.4 Å². The molecule has 1 aliphatic rings. The SMILES string of the molecule is O=C(CSc1nnc(-c2cccnc2)n1C1CC1)NCCc1ccc(F)cc1. The molecule has 0 saturated heterocycles. The number of hydrogen-bond donors (Lipinski definition) is 1. The zero-order valence-corrected chi connectivity index (χ0v) is 16.0. The first-order valence-electron chi connectivity index (χ1n) is 9.20. The van der Waals surface area contributed by atoms with E-state index in [0.717, 1.165) is 34.9 Å². The molecule has 3 aromatic rings. The molecule has 1 saturated carbocycles. The van der Waals surface area contributed by atoms with E-state index >= 15 is 0 Å². The van der Waals surface area contributed by atoms with Gasteiger partial charge in [0, 0.05) is 30.5 Å². The van der Waals surface area contributed by atoms with Crippen LogP contribution in [0.2, 0.25) is 0 Å². The van der Waals surface area contributed by atoms with Crippen molar-refractivity contribution in [1.29, 1.82) is 0 Å². The summed E-state index contributed by atoms with van der Waals surface area (Å²) in [5.41, 5.74) is 1.92. The molecule has 1 amide bonds. The van der Waals surface area contributed by atoms with Crippen molar-refractivity contribution in [2.24, 2.45) is 0 Å². The van der Waals surface area contributed by atoms with E-state index < -0.39 is 0 Å². The fraction of sp³-hybridized carbons (Fsp3) is 0.300. The van der Waals surface area contributed by atoms with Gasteiger partial charge in [-0.3, -0.25) is 14.3 Å². The van der Waals surface area contributed by atoms with E-state index in [0.29, 0.717) is 19.0 Å². The number of carbonyl (C=O) groups excluding carboxylic acids is 1. The number of nitrogens with one attached hydrogen (secondary N) is 1. The summed E-state index contributed by atoms with van der Waals surface area (Å²) in [7, 11) is 0. The minimum atomic E-state index is -0.255. The number of rotatable bonds is 8. The van der Waals surface area contributed by atoms with E-state index in [2.05, 4.69) is 25.1 Å². The van der Waals surface area contributed by atoms with Gasteiger partial charge in [-0.05, 0) is 49.1 Å². The molecule has 1 fully saturated rings. The number of carbonyl (C=O) groups is 1. The second-order valence-electron chi connectivity index (χ2n) is 6.66. The average molecular weight is 397 g/mol. The predicted molar refractivity (Wildman–Crippen MR) is 105 cm³/mol. The van der Waals surface area contributed by atoms with Gasteiger partial charge in [0.1, 0.15) is 5.82 Å². The summed E-state index contributed by atoms with van der Waals surface area (Å²) < 4.78 is 15.0. The van der Waals surface area contributed by atoms with Crippen molar-refractivity contribution in [2.75, 3.05) is 12.3 Å². The molecule has 2 heterocycles. The lowest BCUT2D eigenvalue weighted by Gasteiger charge is -2.09. The van der Waals surface area contributed by atoms with Crippen LogP contribution in [0.25, 0.3) is 11.4 Å². The van der Waals surface area contributed by atoms with E-state index in [1.807, 2.05) is 12.1 Å². The second-order valence-corrected chi connectivity index (χ2v) is 7.61. The molecule has 1 aliphatic carbocycles. The van der Waals surface area contributed by atoms with Gasteiger partial charge in [0.05, 0.1) is 5.75 Å². The standard InChI is InChI=1S/C20H20FN5OS/c21-16-5-3-14(4-6-16)9-11-23-18(27)13-28-20-25-24-19(26(20)17-7-8-17)15-2-1-10-22-12-15/h1-6,10,12,17H,7-9,11,13H2,(H,23,27). The van der Waals surface area contributed by atoms with Gasteiger partial charge >= 0.3 is 0 Å². The lowest BCUT2D eigenvalue weighted by molar-refractivity contribution is -0.118. The number of nitrogens with zero attached hydrogens (tertiary/aromatic N) is 4. The van der Waals surface area contributed by atoms with Crippen LogP contribution in [-0.4, -0.2) is 38.0 Å². The molecule has 1 aromatic carbocycles. The maximum absolute atomic E-state index is 12.9. The zero-order chi connectivity index (χ0) is 19.3. The number of aromatic nitrogens is 4. The number of halogens is 1. The molecule has 0 radical (unpaired) electrons. The average Bonchev–Trinajstić information content (AvgIpc) is 3.47. The Morgan fingerprint density at radius 2 is 2.04 bits per heavy atom. The van der Waals surface area contributed by atoms with Gasteiger partial charge in [-0.1, -0.05) is 23.9 Å². The fourth-order valence-corrected chi connectivity index (χ4v) is 3.74. The minimum absolute atomic E-state index is 0.0552. The number of pyridine rings is 1. The Balaban J connectivity index is 1.32. The predicted octanol–water partition coefficient (Wildman–Crippen LogP) is 3.27. The number of thioether (sulfide) groups is 1. The Morgan fingerprint density at radius 1 is 1.21 bits per heavy atom. The number of benzene rings is 1. The molecule has 0 spiro atoms. The quantitative estimate of drug-likeness (QED) is 0.591. The van der Waals surface area contributed by atoms with Crippen molar-refractivity contribution >= 4 is 17.7 Å². The van der Waals surface area contributed by atoms with Crippen molar-refractivity contribution in [3.05, 3.63) is 60.2 Å². The lowest BCUT2D eigenvalue weighted by atomic mass is 10.1. The molecule has 0 aliphatic heterocycles. The van der Waals surface area contributed by atoms with Gasteiger partial charge in [0.2, 0.25) is 5.91 Å². The number of amides is 1. The molecule has 28 heavy (non-hydrogen) atoms. The maximum atomic E-state index is 12.9. The minimum Gasteiger partial charge on any atom is -0.355 e. The Bertz CT molecular complexity index is 941. The number of hydrogen-bond acceptors (Lipinski definition) is 5. The Morgan fingerprint density at radius 3 is 2.75 bits per heavy atom. The highest BCUT2D eigenvalue weighted by Crippen LogP contribution is 2.40. The molecule has 0 atom stereocenters. The molecular formula is C20H20FN5OS. The van der Waals surface area contributed by atoms with E-state index in [1.165, 1.54) is 23.9 Å². The van der Waals surface area contributed by atoms with Crippen LogP contribution >= 0.6 is 11.8 Å². The molecule has 144 valence electrons. The van der Waals surface area contributed by atoms with Gasteiger partial charge < -0.3 is 5.32 Å². The summed E-state index contributed by atoms with van der Waals surface area (Å²) in [6.07, 6.45) is 6.37. The highest BCUT2D eigenvalue weighted by Gasteiger charge is 2.30. The topological polar surface area (TPSA) is 72.7 Å². The third-order valence-corrected chi connectivity index (χ3v) is 5.42. The second kappa shape index (κ2) is 8.52. The summed E-state index contributed by atoms with van der Waals surface area (Å²) >= 11 is 1.39. The van der Waals surface area contributed by atoms with Gasteiger partial charge in [0.25, 0.3) is 0 Å². The molecule has 1 N–H and O–H groups in total. The lowest BCUT2D eigenvalue weighted by Crippen LogP contribution is -2.27. The zero-order valence-electron chi connectivity index (χ0n) is 15.2. The van der Waals surface area contributed by atoms with Gasteiger partial charge in [-0.15, -0.1) is 10.2 Å². The van der Waals surface area contributed by atoms with E-state index in [1.54, 1.807) is 24.5 Å². The van der Waals surface area contributed by atoms with Crippen LogP contribution in [0.5, 0.6) is 0 Å². The van der Waals surface area contributed by atoms with E-state index in [9.17, 15) is 9.18 Å². The first kappa shape index (κ1) is 18.6. The molecule has 0 bridgehead atoms. The molecule has 6 nitrogen and oxygen atoms in total. The fourth-order valence-electron chi connectivity index (χ4n) is 2.91. The summed E-state index contributed by atoms with van der Waals surface area (Å²) in [5, 5.41) is 12.3. The van der Waals surface area contributed by atoms with Crippen LogP contribution in [0.3, 0.4) is 0 Å². The first-order valence-corrected chi connectivity index (χ1v) is 10.2. The summed E-state index contributed by atoms with van der Waals surface area (Å²) in [4.78, 5) is 16.3. The molecule has 8 heteroatoms. The van der Waals surface area contributed by atoms with E-state index in [-0.39, 0.29) is 17.5 Å². The van der Waals surface area contributed by atoms with Crippen LogP contribution in [0.15, 0.2) is 53.9 Å². The molecule has 2 aromatic heterocycles. The Hall–Kier alpha value is -2.74. The van der Waals surface area contributed by atoms with Crippen LogP contribution in [0, 0.1) is 5.82 Å².